The first-order chi connectivity index (χ1) is 13.1. The molecule has 4 nitrogen and oxygen atoms in total. The highest BCUT2D eigenvalue weighted by atomic mass is 79.9. The molecular weight excluding hydrogens is 453 g/mol. The third-order valence-corrected chi connectivity index (χ3v) is 6.02. The Morgan fingerprint density at radius 3 is 2.78 bits per heavy atom. The molecule has 0 fully saturated rings. The standard InChI is InChI=1S/C19H18BrClFN3OS/c1-26-10-4-9-25-18(15-5-2-3-6-17(15)21)23-24-19(25)27-12-13-7-8-14(22)11-16(13)20/h2-3,5-8,11H,4,9-10,12H2,1H3. The number of hydrogen-bond donors (Lipinski definition) is 0. The number of benzene rings is 2. The molecule has 0 amide bonds. The lowest BCUT2D eigenvalue weighted by Crippen LogP contribution is -2.05. The third-order valence-electron chi connectivity index (χ3n) is 3.93. The lowest BCUT2D eigenvalue weighted by atomic mass is 10.2. The SMILES string of the molecule is COCCCn1c(SCc2ccc(F)cc2Br)nnc1-c1ccccc1Cl. The van der Waals surface area contributed by atoms with Gasteiger partial charge in [0.1, 0.15) is 5.82 Å². The summed E-state index contributed by atoms with van der Waals surface area (Å²) in [6.45, 7) is 1.36. The van der Waals surface area contributed by atoms with Gasteiger partial charge >= 0.3 is 0 Å². The fourth-order valence-corrected chi connectivity index (χ4v) is 4.45. The maximum atomic E-state index is 13.3. The number of rotatable bonds is 8. The number of hydrogen-bond acceptors (Lipinski definition) is 4. The van der Waals surface area contributed by atoms with E-state index >= 15 is 0 Å². The van der Waals surface area contributed by atoms with Gasteiger partial charge < -0.3 is 9.30 Å². The minimum absolute atomic E-state index is 0.264. The minimum Gasteiger partial charge on any atom is -0.385 e. The van der Waals surface area contributed by atoms with Crippen LogP contribution in [-0.2, 0) is 17.0 Å². The molecule has 8 heteroatoms. The van der Waals surface area contributed by atoms with Crippen molar-refractivity contribution in [2.45, 2.75) is 23.9 Å². The Bertz CT molecular complexity index is 922. The van der Waals surface area contributed by atoms with Crippen LogP contribution in [0.4, 0.5) is 4.39 Å². The van der Waals surface area contributed by atoms with E-state index in [0.717, 1.165) is 33.0 Å². The molecule has 1 heterocycles. The van der Waals surface area contributed by atoms with Gasteiger partial charge in [-0.15, -0.1) is 10.2 Å². The molecule has 0 aliphatic heterocycles. The molecule has 0 spiro atoms. The topological polar surface area (TPSA) is 39.9 Å². The lowest BCUT2D eigenvalue weighted by Gasteiger charge is -2.11. The second-order valence-electron chi connectivity index (χ2n) is 5.81. The summed E-state index contributed by atoms with van der Waals surface area (Å²) < 4.78 is 21.3. The van der Waals surface area contributed by atoms with Crippen LogP contribution >= 0.6 is 39.3 Å². The largest absolute Gasteiger partial charge is 0.385 e. The molecule has 0 saturated carbocycles. The smallest absolute Gasteiger partial charge is 0.191 e. The minimum atomic E-state index is -0.264. The predicted octanol–water partition coefficient (Wildman–Crippen LogP) is 5.83. The molecule has 142 valence electrons. The zero-order chi connectivity index (χ0) is 19.2. The van der Waals surface area contributed by atoms with Crippen LogP contribution in [0.15, 0.2) is 52.1 Å². The second kappa shape index (κ2) is 9.68. The molecular formula is C19H18BrClFN3OS. The molecule has 0 aliphatic rings. The maximum Gasteiger partial charge on any atom is 0.191 e. The predicted molar refractivity (Wildman–Crippen MR) is 111 cm³/mol. The van der Waals surface area contributed by atoms with E-state index in [1.807, 2.05) is 24.3 Å². The van der Waals surface area contributed by atoms with Crippen LogP contribution in [0.1, 0.15) is 12.0 Å². The number of aromatic nitrogens is 3. The summed E-state index contributed by atoms with van der Waals surface area (Å²) in [6, 6.07) is 12.3. The van der Waals surface area contributed by atoms with Crippen LogP contribution in [0.3, 0.4) is 0 Å². The van der Waals surface area contributed by atoms with E-state index in [1.165, 1.54) is 12.1 Å². The van der Waals surface area contributed by atoms with Crippen molar-refractivity contribution in [2.24, 2.45) is 0 Å². The molecule has 27 heavy (non-hydrogen) atoms. The molecule has 2 aromatic carbocycles. The molecule has 0 bridgehead atoms. The Labute approximate surface area is 175 Å². The van der Waals surface area contributed by atoms with Crippen molar-refractivity contribution in [1.82, 2.24) is 14.8 Å². The summed E-state index contributed by atoms with van der Waals surface area (Å²) in [5.41, 5.74) is 1.84. The number of methoxy groups -OCH3 is 1. The molecule has 1 aromatic heterocycles. The van der Waals surface area contributed by atoms with Gasteiger partial charge in [0.15, 0.2) is 11.0 Å². The molecule has 0 atom stereocenters. The highest BCUT2D eigenvalue weighted by Crippen LogP contribution is 2.32. The normalized spacial score (nSPS) is 11.1. The van der Waals surface area contributed by atoms with Gasteiger partial charge in [0.05, 0.1) is 5.02 Å². The summed E-state index contributed by atoms with van der Waals surface area (Å²) in [5.74, 6) is 1.11. The van der Waals surface area contributed by atoms with E-state index in [2.05, 4.69) is 30.7 Å². The number of thioether (sulfide) groups is 1. The number of ether oxygens (including phenoxy) is 1. The molecule has 0 saturated heterocycles. The van der Waals surface area contributed by atoms with Crippen molar-refractivity contribution in [3.05, 3.63) is 63.3 Å². The first-order valence-corrected chi connectivity index (χ1v) is 10.5. The van der Waals surface area contributed by atoms with E-state index in [4.69, 9.17) is 16.3 Å². The Kier molecular flexibility index (Phi) is 7.29. The van der Waals surface area contributed by atoms with Crippen molar-refractivity contribution in [3.63, 3.8) is 0 Å². The molecule has 0 N–H and O–H groups in total. The van der Waals surface area contributed by atoms with E-state index in [1.54, 1.807) is 24.9 Å². The van der Waals surface area contributed by atoms with Crippen LogP contribution in [-0.4, -0.2) is 28.5 Å². The first-order valence-electron chi connectivity index (χ1n) is 8.34. The van der Waals surface area contributed by atoms with Crippen molar-refractivity contribution >= 4 is 39.3 Å². The fourth-order valence-electron chi connectivity index (χ4n) is 2.59. The van der Waals surface area contributed by atoms with Crippen molar-refractivity contribution in [1.29, 1.82) is 0 Å². The quantitative estimate of drug-likeness (QED) is 0.307. The van der Waals surface area contributed by atoms with Gasteiger partial charge in [-0.2, -0.15) is 0 Å². The number of nitrogens with zero attached hydrogens (tertiary/aromatic N) is 3. The summed E-state index contributed by atoms with van der Waals surface area (Å²) in [6.07, 6.45) is 0.833. The highest BCUT2D eigenvalue weighted by Gasteiger charge is 2.16. The Morgan fingerprint density at radius 1 is 1.22 bits per heavy atom. The van der Waals surface area contributed by atoms with Crippen LogP contribution in [0.25, 0.3) is 11.4 Å². The molecule has 0 radical (unpaired) electrons. The molecule has 0 unspecified atom stereocenters. The van der Waals surface area contributed by atoms with Gasteiger partial charge in [-0.25, -0.2) is 4.39 Å². The zero-order valence-corrected chi connectivity index (χ0v) is 17.8. The summed E-state index contributed by atoms with van der Waals surface area (Å²) in [7, 11) is 1.68. The lowest BCUT2D eigenvalue weighted by molar-refractivity contribution is 0.189. The van der Waals surface area contributed by atoms with Crippen LogP contribution in [0.5, 0.6) is 0 Å². The van der Waals surface area contributed by atoms with Crippen LogP contribution in [0.2, 0.25) is 5.02 Å². The first kappa shape index (κ1) is 20.3. The van der Waals surface area contributed by atoms with Gasteiger partial charge in [0.2, 0.25) is 0 Å². The van der Waals surface area contributed by atoms with Gasteiger partial charge in [0.25, 0.3) is 0 Å². The van der Waals surface area contributed by atoms with E-state index in [0.29, 0.717) is 23.9 Å². The van der Waals surface area contributed by atoms with Crippen LogP contribution < -0.4 is 0 Å². The van der Waals surface area contributed by atoms with Crippen molar-refractivity contribution in [2.75, 3.05) is 13.7 Å². The summed E-state index contributed by atoms with van der Waals surface area (Å²) >= 11 is 11.3. The van der Waals surface area contributed by atoms with Gasteiger partial charge in [-0.05, 0) is 36.2 Å². The van der Waals surface area contributed by atoms with E-state index in [9.17, 15) is 4.39 Å². The maximum absolute atomic E-state index is 13.3. The monoisotopic (exact) mass is 469 g/mol. The Balaban J connectivity index is 1.86. The average molecular weight is 471 g/mol. The van der Waals surface area contributed by atoms with Gasteiger partial charge in [-0.1, -0.05) is 57.5 Å². The van der Waals surface area contributed by atoms with Crippen LogP contribution in [0, 0.1) is 5.82 Å². The molecule has 0 aliphatic carbocycles. The number of halogens is 3. The summed E-state index contributed by atoms with van der Waals surface area (Å²) in [5, 5.41) is 10.2. The zero-order valence-electron chi connectivity index (χ0n) is 14.7. The highest BCUT2D eigenvalue weighted by molar-refractivity contribution is 9.10. The fraction of sp³-hybridized carbons (Fsp3) is 0.263. The van der Waals surface area contributed by atoms with E-state index in [-0.39, 0.29) is 5.82 Å². The van der Waals surface area contributed by atoms with Crippen molar-refractivity contribution in [3.8, 4) is 11.4 Å². The van der Waals surface area contributed by atoms with Crippen molar-refractivity contribution < 1.29 is 9.13 Å². The Morgan fingerprint density at radius 2 is 2.04 bits per heavy atom. The van der Waals surface area contributed by atoms with Gasteiger partial charge in [-0.3, -0.25) is 0 Å². The molecule has 3 rings (SSSR count). The average Bonchev–Trinajstić information content (AvgIpc) is 3.04. The third kappa shape index (κ3) is 5.10. The summed E-state index contributed by atoms with van der Waals surface area (Å²) in [4.78, 5) is 0. The second-order valence-corrected chi connectivity index (χ2v) is 8.01. The van der Waals surface area contributed by atoms with Gasteiger partial charge in [0, 0.05) is 36.1 Å². The van der Waals surface area contributed by atoms with E-state index < -0.39 is 0 Å². The molecule has 3 aromatic rings. The Hall–Kier alpha value is -1.41.